The lowest BCUT2D eigenvalue weighted by atomic mass is 10.2. The monoisotopic (exact) mass is 277 g/mol. The van der Waals surface area contributed by atoms with Crippen LogP contribution in [-0.2, 0) is 6.54 Å². The number of nitrogens with zero attached hydrogens (tertiary/aromatic N) is 4. The second-order valence-corrected chi connectivity index (χ2v) is 3.86. The molecule has 8 heteroatoms. The van der Waals surface area contributed by atoms with Crippen molar-refractivity contribution in [1.82, 2.24) is 20.2 Å². The van der Waals surface area contributed by atoms with Gasteiger partial charge in [-0.15, -0.1) is 5.10 Å². The van der Waals surface area contributed by atoms with Crippen LogP contribution in [0.3, 0.4) is 0 Å². The van der Waals surface area contributed by atoms with Crippen molar-refractivity contribution in [3.63, 3.8) is 0 Å². The van der Waals surface area contributed by atoms with Crippen molar-refractivity contribution in [2.45, 2.75) is 13.5 Å². The maximum absolute atomic E-state index is 12.1. The summed E-state index contributed by atoms with van der Waals surface area (Å²) in [6.07, 6.45) is 0. The Labute approximate surface area is 115 Å². The predicted molar refractivity (Wildman–Crippen MR) is 71.0 cm³/mol. The normalized spacial score (nSPS) is 10.2. The first-order valence-corrected chi connectivity index (χ1v) is 5.98. The molecule has 1 N–H and O–H groups in total. The van der Waals surface area contributed by atoms with Gasteiger partial charge in [-0.05, 0) is 24.3 Å². The van der Waals surface area contributed by atoms with E-state index in [-0.39, 0.29) is 11.9 Å². The van der Waals surface area contributed by atoms with Crippen molar-refractivity contribution in [2.24, 2.45) is 0 Å². The summed E-state index contributed by atoms with van der Waals surface area (Å²) >= 11 is 0. The predicted octanol–water partition coefficient (Wildman–Crippen LogP) is 0.962. The van der Waals surface area contributed by atoms with Gasteiger partial charge in [-0.1, -0.05) is 5.10 Å². The standard InChI is InChI=1S/C12H15N5O3/c1-4-17-15-12(14-16-17)13-11(18)8-5-9(19-2)7-10(6-8)20-3/h5-7H,4H2,1-3H3,(H,13,15,18). The minimum Gasteiger partial charge on any atom is -0.497 e. The molecule has 0 aliphatic rings. The Bertz CT molecular complexity index is 589. The average Bonchev–Trinajstić information content (AvgIpc) is 2.94. The molecule has 2 rings (SSSR count). The van der Waals surface area contributed by atoms with E-state index >= 15 is 0 Å². The summed E-state index contributed by atoms with van der Waals surface area (Å²) < 4.78 is 10.2. The Kier molecular flexibility index (Phi) is 4.14. The highest BCUT2D eigenvalue weighted by atomic mass is 16.5. The molecule has 1 heterocycles. The second-order valence-electron chi connectivity index (χ2n) is 3.86. The van der Waals surface area contributed by atoms with Crippen LogP contribution in [0.25, 0.3) is 0 Å². The maximum Gasteiger partial charge on any atom is 0.270 e. The number of anilines is 1. The summed E-state index contributed by atoms with van der Waals surface area (Å²) in [5.41, 5.74) is 0.383. The van der Waals surface area contributed by atoms with Gasteiger partial charge in [0.05, 0.1) is 20.8 Å². The summed E-state index contributed by atoms with van der Waals surface area (Å²) in [6, 6.07) is 4.88. The molecule has 1 aromatic carbocycles. The van der Waals surface area contributed by atoms with E-state index in [1.54, 1.807) is 18.2 Å². The Morgan fingerprint density at radius 1 is 1.25 bits per heavy atom. The molecule has 0 saturated carbocycles. The maximum atomic E-state index is 12.1. The van der Waals surface area contributed by atoms with E-state index < -0.39 is 0 Å². The smallest absolute Gasteiger partial charge is 0.270 e. The van der Waals surface area contributed by atoms with Crippen molar-refractivity contribution >= 4 is 11.9 Å². The SMILES string of the molecule is CCn1nnc(NC(=O)c2cc(OC)cc(OC)c2)n1. The van der Waals surface area contributed by atoms with Crippen molar-refractivity contribution in [3.05, 3.63) is 23.8 Å². The van der Waals surface area contributed by atoms with Gasteiger partial charge in [0, 0.05) is 11.6 Å². The Balaban J connectivity index is 2.19. The number of carbonyl (C=O) groups is 1. The third-order valence-corrected chi connectivity index (χ3v) is 2.57. The number of amides is 1. The first-order chi connectivity index (χ1) is 9.66. The van der Waals surface area contributed by atoms with Gasteiger partial charge >= 0.3 is 0 Å². The fourth-order valence-electron chi connectivity index (χ4n) is 1.54. The van der Waals surface area contributed by atoms with Gasteiger partial charge in [0.25, 0.3) is 11.9 Å². The number of carbonyl (C=O) groups excluding carboxylic acids is 1. The third-order valence-electron chi connectivity index (χ3n) is 2.57. The van der Waals surface area contributed by atoms with Gasteiger partial charge in [0.2, 0.25) is 0 Å². The summed E-state index contributed by atoms with van der Waals surface area (Å²) in [4.78, 5) is 13.5. The zero-order valence-electron chi connectivity index (χ0n) is 11.5. The molecular weight excluding hydrogens is 262 g/mol. The number of ether oxygens (including phenoxy) is 2. The molecule has 0 radical (unpaired) electrons. The zero-order chi connectivity index (χ0) is 14.5. The molecule has 1 aromatic heterocycles. The van der Waals surface area contributed by atoms with Crippen molar-refractivity contribution < 1.29 is 14.3 Å². The number of tetrazole rings is 1. The third kappa shape index (κ3) is 3.02. The van der Waals surface area contributed by atoms with E-state index in [1.807, 2.05) is 6.92 Å². The van der Waals surface area contributed by atoms with E-state index in [9.17, 15) is 4.79 Å². The van der Waals surface area contributed by atoms with E-state index in [0.29, 0.717) is 23.6 Å². The van der Waals surface area contributed by atoms with Crippen LogP contribution < -0.4 is 14.8 Å². The lowest BCUT2D eigenvalue weighted by Gasteiger charge is -2.07. The molecule has 0 aliphatic heterocycles. The van der Waals surface area contributed by atoms with Crippen LogP contribution in [0.2, 0.25) is 0 Å². The van der Waals surface area contributed by atoms with Crippen molar-refractivity contribution in [1.29, 1.82) is 0 Å². The number of benzene rings is 1. The molecule has 106 valence electrons. The number of nitrogens with one attached hydrogen (secondary N) is 1. The molecule has 0 aliphatic carbocycles. The van der Waals surface area contributed by atoms with Crippen molar-refractivity contribution in [3.8, 4) is 11.5 Å². The molecule has 2 aromatic rings. The minimum absolute atomic E-state index is 0.152. The quantitative estimate of drug-likeness (QED) is 0.875. The molecule has 0 bridgehead atoms. The highest BCUT2D eigenvalue weighted by Gasteiger charge is 2.12. The lowest BCUT2D eigenvalue weighted by molar-refractivity contribution is 0.102. The van der Waals surface area contributed by atoms with E-state index in [2.05, 4.69) is 20.7 Å². The van der Waals surface area contributed by atoms with Gasteiger partial charge < -0.3 is 9.47 Å². The number of hydrogen-bond donors (Lipinski definition) is 1. The second kappa shape index (κ2) is 6.00. The fourth-order valence-corrected chi connectivity index (χ4v) is 1.54. The topological polar surface area (TPSA) is 91.2 Å². The Morgan fingerprint density at radius 3 is 2.40 bits per heavy atom. The fraction of sp³-hybridized carbons (Fsp3) is 0.333. The number of aryl methyl sites for hydroxylation is 1. The van der Waals surface area contributed by atoms with Crippen LogP contribution in [0.5, 0.6) is 11.5 Å². The first kappa shape index (κ1) is 13.8. The van der Waals surface area contributed by atoms with E-state index in [4.69, 9.17) is 9.47 Å². The molecule has 0 saturated heterocycles. The van der Waals surface area contributed by atoms with Gasteiger partial charge in [-0.2, -0.15) is 4.80 Å². The van der Waals surface area contributed by atoms with Crippen LogP contribution in [0.1, 0.15) is 17.3 Å². The van der Waals surface area contributed by atoms with Gasteiger partial charge in [0.1, 0.15) is 11.5 Å². The molecule has 0 spiro atoms. The van der Waals surface area contributed by atoms with Crippen LogP contribution in [-0.4, -0.2) is 40.3 Å². The molecule has 8 nitrogen and oxygen atoms in total. The molecule has 1 amide bonds. The summed E-state index contributed by atoms with van der Waals surface area (Å²) in [7, 11) is 3.04. The van der Waals surface area contributed by atoms with Crippen molar-refractivity contribution in [2.75, 3.05) is 19.5 Å². The lowest BCUT2D eigenvalue weighted by Crippen LogP contribution is -2.13. The highest BCUT2D eigenvalue weighted by molar-refractivity contribution is 6.03. The Morgan fingerprint density at radius 2 is 1.90 bits per heavy atom. The number of aromatic nitrogens is 4. The largest absolute Gasteiger partial charge is 0.497 e. The average molecular weight is 277 g/mol. The number of rotatable bonds is 5. The van der Waals surface area contributed by atoms with Gasteiger partial charge in [-0.25, -0.2) is 0 Å². The summed E-state index contributed by atoms with van der Waals surface area (Å²) in [6.45, 7) is 2.45. The Hall–Kier alpha value is -2.64. The van der Waals surface area contributed by atoms with E-state index in [1.165, 1.54) is 19.0 Å². The molecular formula is C12H15N5O3. The molecule has 20 heavy (non-hydrogen) atoms. The van der Waals surface area contributed by atoms with E-state index in [0.717, 1.165) is 0 Å². The zero-order valence-corrected chi connectivity index (χ0v) is 11.5. The number of methoxy groups -OCH3 is 2. The minimum atomic E-state index is -0.363. The number of hydrogen-bond acceptors (Lipinski definition) is 6. The van der Waals surface area contributed by atoms with Crippen LogP contribution in [0.15, 0.2) is 18.2 Å². The molecule has 0 unspecified atom stereocenters. The molecule has 0 atom stereocenters. The summed E-state index contributed by atoms with van der Waals surface area (Å²) in [5.74, 6) is 0.843. The highest BCUT2D eigenvalue weighted by Crippen LogP contribution is 2.22. The van der Waals surface area contributed by atoms with Crippen LogP contribution >= 0.6 is 0 Å². The first-order valence-electron chi connectivity index (χ1n) is 5.98. The van der Waals surface area contributed by atoms with Crippen LogP contribution in [0.4, 0.5) is 5.95 Å². The van der Waals surface area contributed by atoms with Gasteiger partial charge in [-0.3, -0.25) is 10.1 Å². The molecule has 0 fully saturated rings. The van der Waals surface area contributed by atoms with Gasteiger partial charge in [0.15, 0.2) is 0 Å². The van der Waals surface area contributed by atoms with Crippen LogP contribution in [0, 0.1) is 0 Å². The summed E-state index contributed by atoms with van der Waals surface area (Å²) in [5, 5.41) is 14.0.